The van der Waals surface area contributed by atoms with E-state index in [1.807, 2.05) is 54.6 Å². The predicted octanol–water partition coefficient (Wildman–Crippen LogP) is 8.94. The highest BCUT2D eigenvalue weighted by atomic mass is 16.5. The Morgan fingerprint density at radius 1 is 0.588 bits per heavy atom. The molecule has 1 aliphatic heterocycles. The second-order valence-corrected chi connectivity index (χ2v) is 9.38. The topological polar surface area (TPSA) is 35.5 Å². The van der Waals surface area contributed by atoms with Crippen LogP contribution in [0.15, 0.2) is 106 Å². The molecule has 7 rings (SSSR count). The number of hydrogen-bond acceptors (Lipinski definition) is 3. The quantitative estimate of drug-likeness (QED) is 0.268. The fourth-order valence-electron chi connectivity index (χ4n) is 5.19. The normalized spacial score (nSPS) is 14.1. The average molecular weight is 443 g/mol. The van der Waals surface area contributed by atoms with Crippen LogP contribution in [0.25, 0.3) is 44.6 Å². The summed E-state index contributed by atoms with van der Waals surface area (Å²) < 4.78 is 18.9. The standard InChI is InChI=1S/C31H22O3/c1-31(2)23-11-4-6-13-28(23)33-29-18-19(14-15-24(29)31)25-16-17-27(32-25)22-10-7-9-21-20-8-3-5-12-26(20)34-30(21)22/h3-18H,1-2H3. The number of benzene rings is 4. The lowest BCUT2D eigenvalue weighted by Gasteiger charge is -2.34. The third kappa shape index (κ3) is 2.70. The van der Waals surface area contributed by atoms with Crippen LogP contribution in [0.1, 0.15) is 25.0 Å². The minimum Gasteiger partial charge on any atom is -0.457 e. The van der Waals surface area contributed by atoms with Gasteiger partial charge in [-0.25, -0.2) is 0 Å². The largest absolute Gasteiger partial charge is 0.457 e. The Morgan fingerprint density at radius 3 is 2.29 bits per heavy atom. The molecule has 6 aromatic rings. The van der Waals surface area contributed by atoms with Crippen molar-refractivity contribution in [1.82, 2.24) is 0 Å². The number of ether oxygens (including phenoxy) is 1. The van der Waals surface area contributed by atoms with Gasteiger partial charge in [0, 0.05) is 32.9 Å². The van der Waals surface area contributed by atoms with E-state index in [4.69, 9.17) is 13.6 Å². The molecule has 0 N–H and O–H groups in total. The van der Waals surface area contributed by atoms with Gasteiger partial charge in [-0.05, 0) is 36.4 Å². The molecular weight excluding hydrogens is 420 g/mol. The maximum absolute atomic E-state index is 6.36. The van der Waals surface area contributed by atoms with E-state index in [0.29, 0.717) is 0 Å². The third-order valence-electron chi connectivity index (χ3n) is 7.00. The highest BCUT2D eigenvalue weighted by Gasteiger charge is 2.34. The second-order valence-electron chi connectivity index (χ2n) is 9.38. The van der Waals surface area contributed by atoms with Gasteiger partial charge in [0.15, 0.2) is 0 Å². The van der Waals surface area contributed by atoms with Gasteiger partial charge in [-0.3, -0.25) is 0 Å². The molecule has 0 radical (unpaired) electrons. The lowest BCUT2D eigenvalue weighted by atomic mass is 9.75. The van der Waals surface area contributed by atoms with Gasteiger partial charge in [0.05, 0.1) is 5.56 Å². The van der Waals surface area contributed by atoms with E-state index in [0.717, 1.165) is 56.1 Å². The molecule has 34 heavy (non-hydrogen) atoms. The monoisotopic (exact) mass is 442 g/mol. The van der Waals surface area contributed by atoms with Crippen LogP contribution in [0.2, 0.25) is 0 Å². The molecule has 4 aromatic carbocycles. The van der Waals surface area contributed by atoms with Gasteiger partial charge in [-0.1, -0.05) is 74.5 Å². The molecule has 0 atom stereocenters. The molecule has 3 heterocycles. The Hall–Kier alpha value is -4.24. The van der Waals surface area contributed by atoms with Crippen molar-refractivity contribution in [2.75, 3.05) is 0 Å². The lowest BCUT2D eigenvalue weighted by Crippen LogP contribution is -2.24. The number of fused-ring (bicyclic) bond motifs is 5. The minimum atomic E-state index is -0.131. The molecule has 3 nitrogen and oxygen atoms in total. The maximum Gasteiger partial charge on any atom is 0.146 e. The van der Waals surface area contributed by atoms with Gasteiger partial charge < -0.3 is 13.6 Å². The molecule has 0 fully saturated rings. The summed E-state index contributed by atoms with van der Waals surface area (Å²) in [6.07, 6.45) is 0. The predicted molar refractivity (Wildman–Crippen MR) is 136 cm³/mol. The fraction of sp³-hybridized carbons (Fsp3) is 0.0968. The summed E-state index contributed by atoms with van der Waals surface area (Å²) in [5.74, 6) is 3.36. The smallest absolute Gasteiger partial charge is 0.146 e. The van der Waals surface area contributed by atoms with E-state index in [2.05, 4.69) is 56.3 Å². The van der Waals surface area contributed by atoms with Gasteiger partial charge in [0.1, 0.15) is 34.2 Å². The van der Waals surface area contributed by atoms with Crippen molar-refractivity contribution in [2.24, 2.45) is 0 Å². The summed E-state index contributed by atoms with van der Waals surface area (Å²) in [7, 11) is 0. The molecule has 0 unspecified atom stereocenters. The van der Waals surface area contributed by atoms with Crippen molar-refractivity contribution in [1.29, 1.82) is 0 Å². The molecule has 3 heteroatoms. The van der Waals surface area contributed by atoms with Crippen LogP contribution in [0.4, 0.5) is 0 Å². The number of para-hydroxylation sites is 3. The number of furan rings is 2. The second kappa shape index (κ2) is 6.88. The molecule has 164 valence electrons. The zero-order valence-electron chi connectivity index (χ0n) is 19.0. The first kappa shape index (κ1) is 19.2. The van der Waals surface area contributed by atoms with Crippen molar-refractivity contribution < 1.29 is 13.6 Å². The fourth-order valence-corrected chi connectivity index (χ4v) is 5.19. The van der Waals surface area contributed by atoms with Crippen LogP contribution in [-0.4, -0.2) is 0 Å². The molecule has 1 aliphatic rings. The molecule has 0 saturated carbocycles. The summed E-state index contributed by atoms with van der Waals surface area (Å²) in [6, 6.07) is 32.9. The molecule has 0 bridgehead atoms. The van der Waals surface area contributed by atoms with Crippen molar-refractivity contribution in [3.05, 3.63) is 108 Å². The molecule has 0 saturated heterocycles. The zero-order valence-corrected chi connectivity index (χ0v) is 19.0. The van der Waals surface area contributed by atoms with Gasteiger partial charge in [-0.15, -0.1) is 0 Å². The molecule has 0 spiro atoms. The van der Waals surface area contributed by atoms with E-state index in [-0.39, 0.29) is 5.41 Å². The van der Waals surface area contributed by atoms with Gasteiger partial charge in [-0.2, -0.15) is 0 Å². The summed E-state index contributed by atoms with van der Waals surface area (Å²) in [5, 5.41) is 2.20. The minimum absolute atomic E-state index is 0.131. The Balaban J connectivity index is 1.31. The van der Waals surface area contributed by atoms with Crippen LogP contribution in [0.5, 0.6) is 11.5 Å². The Kier molecular flexibility index (Phi) is 3.89. The highest BCUT2D eigenvalue weighted by Crippen LogP contribution is 2.49. The van der Waals surface area contributed by atoms with E-state index in [1.165, 1.54) is 11.1 Å². The lowest BCUT2D eigenvalue weighted by molar-refractivity contribution is 0.418. The molecule has 0 aliphatic carbocycles. The Bertz CT molecular complexity index is 1710. The van der Waals surface area contributed by atoms with Crippen LogP contribution in [0, 0.1) is 0 Å². The first-order chi connectivity index (χ1) is 16.6. The molecular formula is C31H22O3. The van der Waals surface area contributed by atoms with E-state index < -0.39 is 0 Å². The average Bonchev–Trinajstić information content (AvgIpc) is 3.49. The van der Waals surface area contributed by atoms with E-state index in [1.54, 1.807) is 0 Å². The zero-order chi connectivity index (χ0) is 22.9. The summed E-state index contributed by atoms with van der Waals surface area (Å²) >= 11 is 0. The maximum atomic E-state index is 6.36. The summed E-state index contributed by atoms with van der Waals surface area (Å²) in [4.78, 5) is 0. The molecule has 0 amide bonds. The van der Waals surface area contributed by atoms with Crippen molar-refractivity contribution in [2.45, 2.75) is 19.3 Å². The number of rotatable bonds is 2. The molecule has 2 aromatic heterocycles. The van der Waals surface area contributed by atoms with Crippen LogP contribution >= 0.6 is 0 Å². The first-order valence-electron chi connectivity index (χ1n) is 11.5. The SMILES string of the molecule is CC1(C)c2ccccc2Oc2cc(-c3ccc(-c4cccc5c4oc4ccccc45)o3)ccc21. The van der Waals surface area contributed by atoms with Gasteiger partial charge in [0.2, 0.25) is 0 Å². The summed E-state index contributed by atoms with van der Waals surface area (Å²) in [6.45, 7) is 4.48. The summed E-state index contributed by atoms with van der Waals surface area (Å²) in [5.41, 5.74) is 5.90. The first-order valence-corrected chi connectivity index (χ1v) is 11.5. The highest BCUT2D eigenvalue weighted by molar-refractivity contribution is 6.09. The van der Waals surface area contributed by atoms with Crippen molar-refractivity contribution >= 4 is 21.9 Å². The van der Waals surface area contributed by atoms with Gasteiger partial charge in [0.25, 0.3) is 0 Å². The number of hydrogen-bond donors (Lipinski definition) is 0. The Labute approximate surface area is 197 Å². The van der Waals surface area contributed by atoms with Crippen LogP contribution in [-0.2, 0) is 5.41 Å². The van der Waals surface area contributed by atoms with Crippen molar-refractivity contribution in [3.8, 4) is 34.1 Å². The van der Waals surface area contributed by atoms with Crippen LogP contribution < -0.4 is 4.74 Å². The Morgan fingerprint density at radius 2 is 1.35 bits per heavy atom. The van der Waals surface area contributed by atoms with Crippen LogP contribution in [0.3, 0.4) is 0 Å². The van der Waals surface area contributed by atoms with E-state index >= 15 is 0 Å². The third-order valence-corrected chi connectivity index (χ3v) is 7.00. The van der Waals surface area contributed by atoms with Gasteiger partial charge >= 0.3 is 0 Å². The van der Waals surface area contributed by atoms with E-state index in [9.17, 15) is 0 Å². The van der Waals surface area contributed by atoms with Crippen molar-refractivity contribution in [3.63, 3.8) is 0 Å².